The Hall–Kier alpha value is -3.92. The van der Waals surface area contributed by atoms with E-state index in [0.29, 0.717) is 5.52 Å². The second kappa shape index (κ2) is 11.8. The van der Waals surface area contributed by atoms with Crippen LogP contribution in [-0.2, 0) is 25.7 Å². The van der Waals surface area contributed by atoms with Gasteiger partial charge in [-0.2, -0.15) is 0 Å². The number of aromatic amines is 1. The SMILES string of the molecule is CC(=O)OC1CN(C(=O)C(N)C2CCCCC2)[C@H]2[C@@H]1N(C(=O)OCc1ccccc1)C[C@H]2c1c[nH]c2cc(F)ccc12. The molecule has 2 saturated heterocycles. The first-order valence-corrected chi connectivity index (χ1v) is 14.8. The van der Waals surface area contributed by atoms with Crippen molar-refractivity contribution >= 4 is 28.9 Å². The largest absolute Gasteiger partial charge is 0.458 e. The number of halogens is 1. The summed E-state index contributed by atoms with van der Waals surface area (Å²) in [4.78, 5) is 46.4. The Bertz CT molecular complexity index is 1460. The lowest BCUT2D eigenvalue weighted by Crippen LogP contribution is -2.52. The van der Waals surface area contributed by atoms with Crippen molar-refractivity contribution in [3.8, 4) is 0 Å². The van der Waals surface area contributed by atoms with Gasteiger partial charge in [0.15, 0.2) is 0 Å². The number of benzene rings is 2. The minimum Gasteiger partial charge on any atom is -0.458 e. The van der Waals surface area contributed by atoms with Gasteiger partial charge in [0.1, 0.15) is 18.5 Å². The molecule has 3 fully saturated rings. The fraction of sp³-hybridized carbons (Fsp3) is 0.469. The van der Waals surface area contributed by atoms with Crippen molar-refractivity contribution in [1.29, 1.82) is 0 Å². The fourth-order valence-electron chi connectivity index (χ4n) is 7.26. The summed E-state index contributed by atoms with van der Waals surface area (Å²) in [6.07, 6.45) is 5.55. The average molecular weight is 577 g/mol. The number of nitrogens with one attached hydrogen (secondary N) is 1. The number of carbonyl (C=O) groups is 3. The summed E-state index contributed by atoms with van der Waals surface area (Å²) >= 11 is 0. The molecule has 222 valence electrons. The molecule has 2 aromatic carbocycles. The summed E-state index contributed by atoms with van der Waals surface area (Å²) in [7, 11) is 0. The van der Waals surface area contributed by atoms with Crippen LogP contribution in [0.25, 0.3) is 10.9 Å². The Morgan fingerprint density at radius 1 is 1.02 bits per heavy atom. The molecule has 1 saturated carbocycles. The molecule has 2 unspecified atom stereocenters. The van der Waals surface area contributed by atoms with Crippen molar-refractivity contribution in [3.63, 3.8) is 0 Å². The third kappa shape index (κ3) is 5.35. The van der Waals surface area contributed by atoms with Gasteiger partial charge in [0.05, 0.1) is 24.7 Å². The van der Waals surface area contributed by atoms with Crippen LogP contribution in [0.1, 0.15) is 56.1 Å². The monoisotopic (exact) mass is 576 g/mol. The Labute approximate surface area is 244 Å². The summed E-state index contributed by atoms with van der Waals surface area (Å²) < 4.78 is 25.5. The van der Waals surface area contributed by atoms with Crippen LogP contribution >= 0.6 is 0 Å². The van der Waals surface area contributed by atoms with Gasteiger partial charge in [0.25, 0.3) is 0 Å². The van der Waals surface area contributed by atoms with E-state index < -0.39 is 36.3 Å². The van der Waals surface area contributed by atoms with Gasteiger partial charge >= 0.3 is 12.1 Å². The molecule has 3 heterocycles. The number of amides is 2. The molecule has 10 heteroatoms. The molecule has 0 bridgehead atoms. The quantitative estimate of drug-likeness (QED) is 0.419. The van der Waals surface area contributed by atoms with Gasteiger partial charge in [-0.25, -0.2) is 9.18 Å². The van der Waals surface area contributed by atoms with E-state index in [0.717, 1.165) is 48.6 Å². The first-order chi connectivity index (χ1) is 20.3. The topological polar surface area (TPSA) is 118 Å². The number of nitrogens with two attached hydrogens (primary N) is 1. The molecule has 0 spiro atoms. The highest BCUT2D eigenvalue weighted by molar-refractivity contribution is 5.86. The Balaban J connectivity index is 1.36. The predicted molar refractivity (Wildman–Crippen MR) is 154 cm³/mol. The molecular formula is C32H37FN4O5. The highest BCUT2D eigenvalue weighted by Gasteiger charge is 2.59. The van der Waals surface area contributed by atoms with E-state index in [9.17, 15) is 18.8 Å². The third-order valence-electron chi connectivity index (χ3n) is 9.19. The van der Waals surface area contributed by atoms with Crippen molar-refractivity contribution in [2.75, 3.05) is 13.1 Å². The van der Waals surface area contributed by atoms with Crippen LogP contribution in [0, 0.1) is 11.7 Å². The molecule has 42 heavy (non-hydrogen) atoms. The first kappa shape index (κ1) is 28.2. The molecule has 3 aliphatic rings. The molecule has 2 aliphatic heterocycles. The number of hydrogen-bond donors (Lipinski definition) is 2. The highest BCUT2D eigenvalue weighted by Crippen LogP contribution is 2.45. The molecule has 2 amide bonds. The van der Waals surface area contributed by atoms with Crippen molar-refractivity contribution in [1.82, 2.24) is 14.8 Å². The van der Waals surface area contributed by atoms with Gasteiger partial charge in [-0.3, -0.25) is 14.5 Å². The summed E-state index contributed by atoms with van der Waals surface area (Å²) in [6.45, 7) is 1.77. The van der Waals surface area contributed by atoms with Gasteiger partial charge in [0.2, 0.25) is 5.91 Å². The number of aromatic nitrogens is 1. The maximum absolute atomic E-state index is 14.1. The second-order valence-corrected chi connectivity index (χ2v) is 11.8. The van der Waals surface area contributed by atoms with E-state index in [1.54, 1.807) is 15.9 Å². The molecule has 1 aliphatic carbocycles. The van der Waals surface area contributed by atoms with Gasteiger partial charge in [-0.1, -0.05) is 49.6 Å². The number of carbonyl (C=O) groups excluding carboxylic acids is 3. The van der Waals surface area contributed by atoms with Crippen LogP contribution in [0.15, 0.2) is 54.7 Å². The van der Waals surface area contributed by atoms with E-state index in [1.165, 1.54) is 19.1 Å². The number of H-pyrrole nitrogens is 1. The Kier molecular flexibility index (Phi) is 7.90. The molecular weight excluding hydrogens is 539 g/mol. The third-order valence-corrected chi connectivity index (χ3v) is 9.19. The summed E-state index contributed by atoms with van der Waals surface area (Å²) in [6, 6.07) is 12.1. The molecule has 1 aromatic heterocycles. The van der Waals surface area contributed by atoms with Gasteiger partial charge < -0.3 is 25.1 Å². The maximum atomic E-state index is 14.1. The van der Waals surface area contributed by atoms with Crippen LogP contribution in [0.3, 0.4) is 0 Å². The highest BCUT2D eigenvalue weighted by atomic mass is 19.1. The van der Waals surface area contributed by atoms with E-state index in [1.807, 2.05) is 36.5 Å². The van der Waals surface area contributed by atoms with Crippen molar-refractivity contribution in [3.05, 3.63) is 71.7 Å². The van der Waals surface area contributed by atoms with Crippen LogP contribution < -0.4 is 5.73 Å². The smallest absolute Gasteiger partial charge is 0.410 e. The summed E-state index contributed by atoms with van der Waals surface area (Å²) in [5.41, 5.74) is 8.95. The number of rotatable bonds is 6. The van der Waals surface area contributed by atoms with E-state index in [4.69, 9.17) is 15.2 Å². The van der Waals surface area contributed by atoms with Crippen LogP contribution in [0.2, 0.25) is 0 Å². The molecule has 0 radical (unpaired) electrons. The molecule has 5 atom stereocenters. The van der Waals surface area contributed by atoms with E-state index >= 15 is 0 Å². The zero-order valence-electron chi connectivity index (χ0n) is 23.7. The predicted octanol–water partition coefficient (Wildman–Crippen LogP) is 4.46. The Morgan fingerprint density at radius 3 is 2.52 bits per heavy atom. The van der Waals surface area contributed by atoms with Gasteiger partial charge in [0, 0.05) is 36.5 Å². The van der Waals surface area contributed by atoms with Gasteiger partial charge in [-0.15, -0.1) is 0 Å². The minimum atomic E-state index is -0.744. The summed E-state index contributed by atoms with van der Waals surface area (Å²) in [5, 5.41) is 0.805. The zero-order valence-corrected chi connectivity index (χ0v) is 23.7. The molecule has 9 nitrogen and oxygen atoms in total. The fourth-order valence-corrected chi connectivity index (χ4v) is 7.26. The molecule has 6 rings (SSSR count). The van der Waals surface area contributed by atoms with E-state index in [-0.39, 0.29) is 43.3 Å². The van der Waals surface area contributed by atoms with Crippen molar-refractivity contribution in [2.24, 2.45) is 11.7 Å². The lowest BCUT2D eigenvalue weighted by Gasteiger charge is -2.33. The molecule has 3 aromatic rings. The average Bonchev–Trinajstić information content (AvgIpc) is 3.69. The Morgan fingerprint density at radius 2 is 1.79 bits per heavy atom. The van der Waals surface area contributed by atoms with Crippen molar-refractivity contribution in [2.45, 2.75) is 75.8 Å². The minimum absolute atomic E-state index is 0.0814. The number of nitrogens with zero attached hydrogens (tertiary/aromatic N) is 2. The van der Waals surface area contributed by atoms with E-state index in [2.05, 4.69) is 4.98 Å². The zero-order chi connectivity index (χ0) is 29.4. The number of likely N-dealkylation sites (tertiary alicyclic amines) is 2. The molecule has 3 N–H and O–H groups in total. The van der Waals surface area contributed by atoms with Crippen molar-refractivity contribution < 1.29 is 28.2 Å². The number of fused-ring (bicyclic) bond motifs is 2. The number of esters is 1. The lowest BCUT2D eigenvalue weighted by atomic mass is 9.83. The standard InChI is InChI=1S/C32H37FN4O5/c1-19(38)42-27-17-36(31(39)28(34)21-10-6-3-7-11-21)29-25(24-15-35-26-14-22(33)12-13-23(24)26)16-37(30(27)29)32(40)41-18-20-8-4-2-5-9-20/h2,4-5,8-9,12-15,21,25,27-30,35H,3,6-7,10-11,16-18,34H2,1H3/t25-,27?,28?,29+,30+/m0/s1. The second-order valence-electron chi connectivity index (χ2n) is 11.8. The van der Waals surface area contributed by atoms with Crippen LogP contribution in [-0.4, -0.2) is 70.1 Å². The van der Waals surface area contributed by atoms with Crippen LogP contribution in [0.4, 0.5) is 9.18 Å². The number of ether oxygens (including phenoxy) is 2. The lowest BCUT2D eigenvalue weighted by molar-refractivity contribution is -0.148. The van der Waals surface area contributed by atoms with Gasteiger partial charge in [-0.05, 0) is 48.1 Å². The van der Waals surface area contributed by atoms with Crippen LogP contribution in [0.5, 0.6) is 0 Å². The first-order valence-electron chi connectivity index (χ1n) is 14.8. The number of hydrogen-bond acceptors (Lipinski definition) is 6. The summed E-state index contributed by atoms with van der Waals surface area (Å²) in [5.74, 6) is -1.31. The normalized spacial score (nSPS) is 24.9. The maximum Gasteiger partial charge on any atom is 0.410 e.